The Bertz CT molecular complexity index is 1510. The van der Waals surface area contributed by atoms with Gasteiger partial charge >= 0.3 is 6.18 Å². The summed E-state index contributed by atoms with van der Waals surface area (Å²) in [6, 6.07) is 9.52. The van der Waals surface area contributed by atoms with E-state index in [0.29, 0.717) is 6.07 Å². The van der Waals surface area contributed by atoms with Gasteiger partial charge in [0.05, 0.1) is 17.2 Å². The average molecular weight is 610 g/mol. The van der Waals surface area contributed by atoms with Crippen molar-refractivity contribution in [3.8, 4) is 17.2 Å². The Balaban J connectivity index is 1.71. The van der Waals surface area contributed by atoms with Crippen molar-refractivity contribution in [2.45, 2.75) is 13.1 Å². The van der Waals surface area contributed by atoms with Crippen molar-refractivity contribution in [1.82, 2.24) is 5.43 Å². The number of carbonyl (C=O) groups excluding carboxylic acids is 2. The molecule has 0 bridgehead atoms. The molecule has 4 rings (SSSR count). The topological polar surface area (TPSA) is 111 Å². The number of hydrogen-bond donors (Lipinski definition) is 1. The molecule has 0 unspecified atom stereocenters. The van der Waals surface area contributed by atoms with Gasteiger partial charge in [-0.3, -0.25) is 25.1 Å². The molecule has 9 nitrogen and oxygen atoms in total. The largest absolute Gasteiger partial charge is 0.490 e. The molecule has 0 spiro atoms. The number of nitro groups is 1. The van der Waals surface area contributed by atoms with Gasteiger partial charge in [0.15, 0.2) is 11.5 Å². The van der Waals surface area contributed by atoms with E-state index >= 15 is 0 Å². The number of anilines is 1. The highest BCUT2D eigenvalue weighted by atomic mass is 79.9. The Morgan fingerprint density at radius 2 is 1.74 bits per heavy atom. The number of rotatable bonds is 7. The number of halogens is 5. The summed E-state index contributed by atoms with van der Waals surface area (Å²) in [5.41, 5.74) is 0.446. The summed E-state index contributed by atoms with van der Waals surface area (Å²) in [6.07, 6.45) is -3.72. The monoisotopic (exact) mass is 609 g/mol. The van der Waals surface area contributed by atoms with Crippen LogP contribution in [0.5, 0.6) is 17.2 Å². The van der Waals surface area contributed by atoms with Crippen LogP contribution < -0.4 is 19.9 Å². The van der Waals surface area contributed by atoms with Gasteiger partial charge < -0.3 is 9.47 Å². The Hall–Kier alpha value is -4.46. The second kappa shape index (κ2) is 10.7. The second-order valence-electron chi connectivity index (χ2n) is 7.91. The third-order valence-electron chi connectivity index (χ3n) is 5.34. The molecule has 2 amide bonds. The zero-order valence-corrected chi connectivity index (χ0v) is 21.3. The lowest BCUT2D eigenvalue weighted by Gasteiger charge is -2.17. The van der Waals surface area contributed by atoms with Gasteiger partial charge in [-0.2, -0.15) is 13.2 Å². The van der Waals surface area contributed by atoms with Crippen LogP contribution in [0.1, 0.15) is 18.1 Å². The zero-order chi connectivity index (χ0) is 28.5. The van der Waals surface area contributed by atoms with E-state index in [1.807, 2.05) is 0 Å². The molecule has 3 aromatic rings. The van der Waals surface area contributed by atoms with Crippen LogP contribution in [0, 0.1) is 15.9 Å². The van der Waals surface area contributed by atoms with Crippen LogP contribution in [0.25, 0.3) is 6.08 Å². The van der Waals surface area contributed by atoms with E-state index in [9.17, 15) is 37.3 Å². The molecule has 14 heteroatoms. The molecule has 0 saturated carbocycles. The van der Waals surface area contributed by atoms with Gasteiger partial charge in [0.1, 0.15) is 22.7 Å². The van der Waals surface area contributed by atoms with E-state index in [2.05, 4.69) is 21.4 Å². The predicted octanol–water partition coefficient (Wildman–Crippen LogP) is 6.17. The number of hydrogen-bond acceptors (Lipinski definition) is 6. The van der Waals surface area contributed by atoms with E-state index in [4.69, 9.17) is 9.47 Å². The molecule has 3 aromatic carbocycles. The van der Waals surface area contributed by atoms with Crippen molar-refractivity contribution in [2.75, 3.05) is 11.6 Å². The smallest absolute Gasteiger partial charge is 0.420 e. The lowest BCUT2D eigenvalue weighted by molar-refractivity contribution is -0.385. The third-order valence-corrected chi connectivity index (χ3v) is 6.03. The molecule has 0 atom stereocenters. The molecule has 39 heavy (non-hydrogen) atoms. The van der Waals surface area contributed by atoms with E-state index in [-0.39, 0.29) is 39.4 Å². The van der Waals surface area contributed by atoms with Crippen LogP contribution in [0.15, 0.2) is 64.6 Å². The number of benzene rings is 3. The first-order valence-electron chi connectivity index (χ1n) is 11.0. The van der Waals surface area contributed by atoms with E-state index in [1.54, 1.807) is 6.92 Å². The van der Waals surface area contributed by atoms with Crippen LogP contribution in [0.2, 0.25) is 0 Å². The maximum atomic E-state index is 13.6. The van der Waals surface area contributed by atoms with Gasteiger partial charge in [-0.05, 0) is 61.0 Å². The summed E-state index contributed by atoms with van der Waals surface area (Å²) >= 11 is 3.26. The number of amides is 2. The van der Waals surface area contributed by atoms with E-state index in [0.717, 1.165) is 29.3 Å². The first-order chi connectivity index (χ1) is 18.4. The molecule has 1 aliphatic heterocycles. The molecule has 202 valence electrons. The normalized spacial score (nSPS) is 14.5. The summed E-state index contributed by atoms with van der Waals surface area (Å²) in [7, 11) is 0. The first-order valence-corrected chi connectivity index (χ1v) is 11.8. The van der Waals surface area contributed by atoms with Crippen LogP contribution in [-0.4, -0.2) is 23.3 Å². The van der Waals surface area contributed by atoms with Gasteiger partial charge in [-0.25, -0.2) is 9.40 Å². The van der Waals surface area contributed by atoms with Gasteiger partial charge in [0, 0.05) is 16.6 Å². The Morgan fingerprint density at radius 3 is 2.36 bits per heavy atom. The molecule has 0 aromatic heterocycles. The maximum absolute atomic E-state index is 13.6. The molecule has 1 fully saturated rings. The molecule has 1 saturated heterocycles. The average Bonchev–Trinajstić information content (AvgIpc) is 3.15. The zero-order valence-electron chi connectivity index (χ0n) is 19.7. The number of nitrogens with one attached hydrogen (secondary N) is 1. The fourth-order valence-corrected chi connectivity index (χ4v) is 3.99. The molecular formula is C25H16BrF4N3O6. The van der Waals surface area contributed by atoms with Crippen molar-refractivity contribution in [2.24, 2.45) is 0 Å². The molecular weight excluding hydrogens is 594 g/mol. The minimum atomic E-state index is -4.96. The quantitative estimate of drug-likeness (QED) is 0.113. The second-order valence-corrected chi connectivity index (χ2v) is 8.76. The van der Waals surface area contributed by atoms with Crippen LogP contribution in [-0.2, 0) is 15.8 Å². The van der Waals surface area contributed by atoms with E-state index < -0.39 is 45.7 Å². The highest BCUT2D eigenvalue weighted by Gasteiger charge is 2.37. The summed E-state index contributed by atoms with van der Waals surface area (Å²) in [6.45, 7) is 1.70. The number of hydrazine groups is 1. The maximum Gasteiger partial charge on any atom is 0.420 e. The molecule has 1 aliphatic rings. The summed E-state index contributed by atoms with van der Waals surface area (Å²) in [5.74, 6) is -2.89. The van der Waals surface area contributed by atoms with Gasteiger partial charge in [-0.15, -0.1) is 0 Å². The van der Waals surface area contributed by atoms with Crippen molar-refractivity contribution >= 4 is 45.2 Å². The number of alkyl halides is 3. The lowest BCUT2D eigenvalue weighted by atomic mass is 10.1. The van der Waals surface area contributed by atoms with Crippen molar-refractivity contribution < 1.29 is 41.5 Å². The minimum absolute atomic E-state index is 0.0275. The third kappa shape index (κ3) is 5.85. The summed E-state index contributed by atoms with van der Waals surface area (Å²) in [5, 5.41) is 11.9. The Kier molecular flexibility index (Phi) is 7.58. The SMILES string of the molecule is CCOc1cc(/C=C2/C(=O)NN(c3ccc(F)cc3)C2=O)c(Br)cc1Oc1ccc([N+](=O)[O-])cc1C(F)(F)F. The van der Waals surface area contributed by atoms with Crippen LogP contribution in [0.4, 0.5) is 28.9 Å². The first kappa shape index (κ1) is 27.6. The van der Waals surface area contributed by atoms with Crippen molar-refractivity contribution in [3.05, 3.63) is 91.7 Å². The standard InChI is InChI=1S/C25H16BrF4N3O6/c1-2-38-21-10-13(9-17-23(34)31-32(24(17)35)15-5-3-14(27)4-6-15)19(26)12-22(21)39-20-8-7-16(33(36)37)11-18(20)25(28,29)30/h3-12H,2H2,1H3,(H,31,34)/b17-9-. The van der Waals surface area contributed by atoms with Crippen LogP contribution in [0.3, 0.4) is 0 Å². The van der Waals surface area contributed by atoms with Crippen molar-refractivity contribution in [3.63, 3.8) is 0 Å². The highest BCUT2D eigenvalue weighted by molar-refractivity contribution is 9.10. The van der Waals surface area contributed by atoms with E-state index in [1.165, 1.54) is 30.3 Å². The number of nitro benzene ring substituents is 1. The number of ether oxygens (including phenoxy) is 2. The molecule has 0 aliphatic carbocycles. The minimum Gasteiger partial charge on any atom is -0.490 e. The molecule has 1 heterocycles. The predicted molar refractivity (Wildman–Crippen MR) is 133 cm³/mol. The highest BCUT2D eigenvalue weighted by Crippen LogP contribution is 2.43. The van der Waals surface area contributed by atoms with Crippen molar-refractivity contribution in [1.29, 1.82) is 0 Å². The summed E-state index contributed by atoms with van der Waals surface area (Å²) in [4.78, 5) is 35.4. The fourth-order valence-electron chi connectivity index (χ4n) is 3.55. The van der Waals surface area contributed by atoms with Gasteiger partial charge in [0.25, 0.3) is 17.5 Å². The molecule has 1 N–H and O–H groups in total. The van der Waals surface area contributed by atoms with Crippen LogP contribution >= 0.6 is 15.9 Å². The fraction of sp³-hybridized carbons (Fsp3) is 0.120. The Labute approximate surface area is 225 Å². The summed E-state index contributed by atoms with van der Waals surface area (Å²) < 4.78 is 65.3. The lowest BCUT2D eigenvalue weighted by Crippen LogP contribution is -2.35. The molecule has 0 radical (unpaired) electrons. The van der Waals surface area contributed by atoms with Gasteiger partial charge in [-0.1, -0.05) is 15.9 Å². The van der Waals surface area contributed by atoms with Gasteiger partial charge in [0.2, 0.25) is 0 Å². The number of nitrogens with zero attached hydrogens (tertiary/aromatic N) is 2. The number of non-ortho nitro benzene ring substituents is 1. The Morgan fingerprint density at radius 1 is 1.05 bits per heavy atom. The number of carbonyl (C=O) groups is 2.